The van der Waals surface area contributed by atoms with Gasteiger partial charge in [-0.1, -0.05) is 93.2 Å². The lowest BCUT2D eigenvalue weighted by atomic mass is 9.77. The summed E-state index contributed by atoms with van der Waals surface area (Å²) in [6, 6.07) is 26.3. The van der Waals surface area contributed by atoms with Crippen molar-refractivity contribution >= 4 is 32.9 Å². The Bertz CT molecular complexity index is 1400. The van der Waals surface area contributed by atoms with E-state index >= 15 is 0 Å². The lowest BCUT2D eigenvalue weighted by Gasteiger charge is -2.47. The van der Waals surface area contributed by atoms with Gasteiger partial charge in [-0.2, -0.15) is 0 Å². The molecule has 0 radical (unpaired) electrons. The molecule has 1 aliphatic rings. The van der Waals surface area contributed by atoms with E-state index in [9.17, 15) is 4.79 Å². The van der Waals surface area contributed by atoms with Crippen LogP contribution in [-0.4, -0.2) is 18.7 Å². The van der Waals surface area contributed by atoms with Crippen molar-refractivity contribution in [2.24, 2.45) is 0 Å². The quantitative estimate of drug-likeness (QED) is 0.308. The Labute approximate surface area is 194 Å². The first-order chi connectivity index (χ1) is 16.0. The minimum Gasteiger partial charge on any atom is -0.343 e. The summed E-state index contributed by atoms with van der Waals surface area (Å²) in [6.45, 7) is 8.61. The van der Waals surface area contributed by atoms with Crippen LogP contribution in [-0.2, 0) is 15.1 Å². The van der Waals surface area contributed by atoms with Gasteiger partial charge in [0, 0.05) is 18.2 Å². The third-order valence-corrected chi connectivity index (χ3v) is 7.22. The molecule has 3 nitrogen and oxygen atoms in total. The predicted molar refractivity (Wildman–Crippen MR) is 134 cm³/mol. The third kappa shape index (κ3) is 3.00. The number of carbonyl (C=O) groups is 1. The zero-order valence-corrected chi connectivity index (χ0v) is 19.4. The van der Waals surface area contributed by atoms with E-state index in [1.807, 2.05) is 48.5 Å². The van der Waals surface area contributed by atoms with Crippen molar-refractivity contribution in [3.63, 3.8) is 0 Å². The van der Waals surface area contributed by atoms with Gasteiger partial charge in [0.2, 0.25) is 5.78 Å². The predicted octanol–water partition coefficient (Wildman–Crippen LogP) is 7.28. The summed E-state index contributed by atoms with van der Waals surface area (Å²) in [7, 11) is 1.54. The van der Waals surface area contributed by atoms with Gasteiger partial charge in [0.05, 0.1) is 5.60 Å². The fourth-order valence-electron chi connectivity index (χ4n) is 5.34. The molecule has 0 aliphatic carbocycles. The van der Waals surface area contributed by atoms with E-state index in [4.69, 9.17) is 9.47 Å². The number of Topliss-reactive ketones (excluding diaryl/α,β-unsaturated/α-hetero) is 1. The van der Waals surface area contributed by atoms with Gasteiger partial charge in [0.25, 0.3) is 5.79 Å². The van der Waals surface area contributed by atoms with Crippen molar-refractivity contribution in [2.45, 2.75) is 38.1 Å². The summed E-state index contributed by atoms with van der Waals surface area (Å²) < 4.78 is 12.8. The van der Waals surface area contributed by atoms with E-state index in [1.54, 1.807) is 0 Å². The SMILES string of the molecule is C=C(c1cc2ccccc2c2ccccc12)C1(OC)OC(CC)(CC)c2ccccc2C1=O. The maximum Gasteiger partial charge on any atom is 0.261 e. The molecule has 0 aromatic heterocycles. The monoisotopic (exact) mass is 436 g/mol. The van der Waals surface area contributed by atoms with Gasteiger partial charge in [-0.15, -0.1) is 0 Å². The van der Waals surface area contributed by atoms with Crippen LogP contribution >= 0.6 is 0 Å². The number of carbonyl (C=O) groups excluding carboxylic acids is 1. The zero-order valence-electron chi connectivity index (χ0n) is 19.4. The fourth-order valence-corrected chi connectivity index (χ4v) is 5.34. The number of ketones is 1. The molecule has 1 aliphatic heterocycles. The molecule has 4 aromatic carbocycles. The van der Waals surface area contributed by atoms with Gasteiger partial charge >= 0.3 is 0 Å². The molecule has 0 bridgehead atoms. The van der Waals surface area contributed by atoms with Gasteiger partial charge in [-0.25, -0.2) is 0 Å². The number of methoxy groups -OCH3 is 1. The molecule has 4 aromatic rings. The van der Waals surface area contributed by atoms with Crippen molar-refractivity contribution < 1.29 is 14.3 Å². The summed E-state index contributed by atoms with van der Waals surface area (Å²) in [4.78, 5) is 14.0. The number of hydrogen-bond acceptors (Lipinski definition) is 3. The van der Waals surface area contributed by atoms with E-state index in [-0.39, 0.29) is 5.78 Å². The maximum absolute atomic E-state index is 14.0. The van der Waals surface area contributed by atoms with Crippen LogP contribution in [0.4, 0.5) is 0 Å². The molecule has 0 N–H and O–H groups in total. The molecule has 1 heterocycles. The number of benzene rings is 4. The first-order valence-electron chi connectivity index (χ1n) is 11.5. The van der Waals surface area contributed by atoms with Crippen molar-refractivity contribution in [3.05, 3.63) is 102 Å². The smallest absolute Gasteiger partial charge is 0.261 e. The lowest BCUT2D eigenvalue weighted by molar-refractivity contribution is -0.228. The molecule has 1 atom stereocenters. The summed E-state index contributed by atoms with van der Waals surface area (Å²) in [5.74, 6) is -1.81. The molecule has 33 heavy (non-hydrogen) atoms. The average Bonchev–Trinajstić information content (AvgIpc) is 2.89. The number of rotatable bonds is 5. The lowest BCUT2D eigenvalue weighted by Crippen LogP contribution is -2.54. The molecule has 0 saturated heterocycles. The second-order valence-corrected chi connectivity index (χ2v) is 8.67. The molecule has 5 rings (SSSR count). The largest absolute Gasteiger partial charge is 0.343 e. The van der Waals surface area contributed by atoms with Crippen LogP contribution in [0.15, 0.2) is 85.4 Å². The molecular weight excluding hydrogens is 408 g/mol. The molecule has 166 valence electrons. The summed E-state index contributed by atoms with van der Waals surface area (Å²) in [5, 5.41) is 4.37. The normalized spacial score (nSPS) is 19.5. The number of hydrogen-bond donors (Lipinski definition) is 0. The Morgan fingerprint density at radius 1 is 0.879 bits per heavy atom. The highest BCUT2D eigenvalue weighted by Gasteiger charge is 2.55. The summed E-state index contributed by atoms with van der Waals surface area (Å²) in [6.07, 6.45) is 1.43. The Balaban J connectivity index is 1.78. The van der Waals surface area contributed by atoms with Crippen LogP contribution in [0, 0.1) is 0 Å². The summed E-state index contributed by atoms with van der Waals surface area (Å²) in [5.41, 5.74) is 2.30. The zero-order chi connectivity index (χ0) is 23.2. The van der Waals surface area contributed by atoms with Crippen LogP contribution in [0.2, 0.25) is 0 Å². The van der Waals surface area contributed by atoms with Crippen molar-refractivity contribution in [3.8, 4) is 0 Å². The Morgan fingerprint density at radius 3 is 2.18 bits per heavy atom. The van der Waals surface area contributed by atoms with Crippen molar-refractivity contribution in [1.29, 1.82) is 0 Å². The van der Waals surface area contributed by atoms with Gasteiger partial charge in [-0.05, 0) is 51.6 Å². The molecule has 0 amide bonds. The van der Waals surface area contributed by atoms with E-state index < -0.39 is 11.4 Å². The van der Waals surface area contributed by atoms with Crippen LogP contribution in [0.3, 0.4) is 0 Å². The van der Waals surface area contributed by atoms with Crippen LogP contribution < -0.4 is 0 Å². The first-order valence-corrected chi connectivity index (χ1v) is 11.5. The van der Waals surface area contributed by atoms with E-state index in [2.05, 4.69) is 50.8 Å². The Morgan fingerprint density at radius 2 is 1.48 bits per heavy atom. The highest BCUT2D eigenvalue weighted by atomic mass is 16.7. The topological polar surface area (TPSA) is 35.5 Å². The second-order valence-electron chi connectivity index (χ2n) is 8.67. The van der Waals surface area contributed by atoms with E-state index in [0.717, 1.165) is 32.7 Å². The van der Waals surface area contributed by atoms with Crippen LogP contribution in [0.1, 0.15) is 48.2 Å². The molecule has 1 unspecified atom stereocenters. The number of fused-ring (bicyclic) bond motifs is 4. The fraction of sp³-hybridized carbons (Fsp3) is 0.233. The minimum atomic E-state index is -1.61. The molecule has 0 saturated carbocycles. The highest BCUT2D eigenvalue weighted by molar-refractivity contribution is 6.17. The van der Waals surface area contributed by atoms with Gasteiger partial charge < -0.3 is 9.47 Å². The average molecular weight is 437 g/mol. The van der Waals surface area contributed by atoms with Crippen LogP contribution in [0.5, 0.6) is 0 Å². The standard InChI is InChI=1S/C30H28O3/c1-5-29(6-2)27-18-12-11-17-25(27)28(31)30(32-4,33-29)20(3)26-19-21-13-7-8-14-22(21)23-15-9-10-16-24(23)26/h7-19H,3,5-6H2,1-2,4H3. The maximum atomic E-state index is 14.0. The van der Waals surface area contributed by atoms with E-state index in [1.165, 1.54) is 7.11 Å². The summed E-state index contributed by atoms with van der Waals surface area (Å²) >= 11 is 0. The third-order valence-electron chi connectivity index (χ3n) is 7.22. The Kier molecular flexibility index (Phi) is 5.19. The van der Waals surface area contributed by atoms with Crippen molar-refractivity contribution in [2.75, 3.05) is 7.11 Å². The first kappa shape index (κ1) is 21.6. The van der Waals surface area contributed by atoms with Crippen LogP contribution in [0.25, 0.3) is 27.1 Å². The Hall–Kier alpha value is -3.27. The number of ether oxygens (including phenoxy) is 2. The van der Waals surface area contributed by atoms with Gasteiger partial charge in [0.1, 0.15) is 0 Å². The van der Waals surface area contributed by atoms with Gasteiger partial charge in [-0.3, -0.25) is 4.79 Å². The second kappa shape index (κ2) is 7.95. The van der Waals surface area contributed by atoms with E-state index in [0.29, 0.717) is 24.0 Å². The molecular formula is C30H28O3. The molecule has 3 heteroatoms. The van der Waals surface area contributed by atoms with Crippen molar-refractivity contribution in [1.82, 2.24) is 0 Å². The van der Waals surface area contributed by atoms with Gasteiger partial charge in [0.15, 0.2) is 0 Å². The highest BCUT2D eigenvalue weighted by Crippen LogP contribution is 2.50. The molecule has 0 spiro atoms. The molecule has 0 fully saturated rings. The minimum absolute atomic E-state index is 0.208.